The monoisotopic (exact) mass is 471 g/mol. The predicted molar refractivity (Wildman–Crippen MR) is 108 cm³/mol. The van der Waals surface area contributed by atoms with Crippen molar-refractivity contribution in [2.45, 2.75) is 29.6 Å². The summed E-state index contributed by atoms with van der Waals surface area (Å²) in [4.78, 5) is 14.3. The zero-order valence-corrected chi connectivity index (χ0v) is 17.7. The van der Waals surface area contributed by atoms with E-state index in [0.717, 1.165) is 24.3 Å². The quantitative estimate of drug-likeness (QED) is 0.697. The molecule has 0 spiro atoms. The molecular formula is C21H21F4N3O3S. The standard InChI is InChI=1S/C21H21F4N3O3S/c22-16-5-1-14(2-6-16)20(29)26-17-11-18-13-28(10-9-27(18)12-17)32(30,31)19-7-3-15(4-8-19)21(23,24)25/h1-8,17-18H,9-13H2,(H,26,29)/t17-,18-/m0/s1. The number of piperazine rings is 1. The van der Waals surface area contributed by atoms with Crippen molar-refractivity contribution >= 4 is 15.9 Å². The highest BCUT2D eigenvalue weighted by Gasteiger charge is 2.40. The largest absolute Gasteiger partial charge is 0.416 e. The van der Waals surface area contributed by atoms with Crippen LogP contribution in [-0.2, 0) is 16.2 Å². The molecule has 0 saturated carbocycles. The lowest BCUT2D eigenvalue weighted by molar-refractivity contribution is -0.137. The van der Waals surface area contributed by atoms with Gasteiger partial charge in [-0.25, -0.2) is 12.8 Å². The molecule has 11 heteroatoms. The third kappa shape index (κ3) is 4.64. The molecule has 2 fully saturated rings. The summed E-state index contributed by atoms with van der Waals surface area (Å²) >= 11 is 0. The van der Waals surface area contributed by atoms with E-state index in [2.05, 4.69) is 10.2 Å². The molecule has 32 heavy (non-hydrogen) atoms. The van der Waals surface area contributed by atoms with Crippen LogP contribution in [0.3, 0.4) is 0 Å². The van der Waals surface area contributed by atoms with Crippen LogP contribution in [0.1, 0.15) is 22.3 Å². The number of carbonyl (C=O) groups excluding carboxylic acids is 1. The number of amides is 1. The van der Waals surface area contributed by atoms with Crippen LogP contribution in [0.25, 0.3) is 0 Å². The number of carbonyl (C=O) groups is 1. The minimum Gasteiger partial charge on any atom is -0.348 e. The van der Waals surface area contributed by atoms with Crippen molar-refractivity contribution in [3.8, 4) is 0 Å². The van der Waals surface area contributed by atoms with Gasteiger partial charge < -0.3 is 5.32 Å². The Bertz CT molecular complexity index is 1090. The Morgan fingerprint density at radius 1 is 0.969 bits per heavy atom. The Morgan fingerprint density at radius 2 is 1.62 bits per heavy atom. The van der Waals surface area contributed by atoms with Crippen LogP contribution >= 0.6 is 0 Å². The number of sulfonamides is 1. The number of halogens is 4. The maximum Gasteiger partial charge on any atom is 0.416 e. The number of hydrogen-bond acceptors (Lipinski definition) is 4. The molecule has 1 N–H and O–H groups in total. The third-order valence-electron chi connectivity index (χ3n) is 5.84. The van der Waals surface area contributed by atoms with Crippen LogP contribution in [0, 0.1) is 5.82 Å². The predicted octanol–water partition coefficient (Wildman–Crippen LogP) is 2.72. The molecular weight excluding hydrogens is 450 g/mol. The first-order chi connectivity index (χ1) is 15.0. The molecule has 2 heterocycles. The van der Waals surface area contributed by atoms with Gasteiger partial charge in [-0.1, -0.05) is 0 Å². The maximum atomic E-state index is 13.0. The first-order valence-corrected chi connectivity index (χ1v) is 11.5. The van der Waals surface area contributed by atoms with E-state index in [0.29, 0.717) is 25.1 Å². The van der Waals surface area contributed by atoms with Crippen LogP contribution in [0.2, 0.25) is 0 Å². The Hall–Kier alpha value is -2.50. The summed E-state index contributed by atoms with van der Waals surface area (Å²) in [5.41, 5.74) is -0.570. The Morgan fingerprint density at radius 3 is 2.25 bits per heavy atom. The SMILES string of the molecule is O=C(N[C@H]1C[C@H]2CN(S(=O)(=O)c3ccc(C(F)(F)F)cc3)CCN2C1)c1ccc(F)cc1. The fraction of sp³-hybridized carbons (Fsp3) is 0.381. The summed E-state index contributed by atoms with van der Waals surface area (Å²) < 4.78 is 78.5. The Labute approximate surface area is 182 Å². The first kappa shape index (κ1) is 22.7. The lowest BCUT2D eigenvalue weighted by Crippen LogP contribution is -2.51. The van der Waals surface area contributed by atoms with Crippen molar-refractivity contribution in [2.75, 3.05) is 26.2 Å². The summed E-state index contributed by atoms with van der Waals surface area (Å²) in [5, 5.41) is 2.90. The smallest absolute Gasteiger partial charge is 0.348 e. The van der Waals surface area contributed by atoms with Gasteiger partial charge in [-0.05, 0) is 55.0 Å². The number of rotatable bonds is 4. The number of hydrogen-bond donors (Lipinski definition) is 1. The van der Waals surface area contributed by atoms with E-state index < -0.39 is 27.6 Å². The average Bonchev–Trinajstić information content (AvgIpc) is 3.15. The number of benzene rings is 2. The molecule has 172 valence electrons. The van der Waals surface area contributed by atoms with E-state index in [1.165, 1.54) is 28.6 Å². The lowest BCUT2D eigenvalue weighted by atomic mass is 10.1. The highest BCUT2D eigenvalue weighted by Crippen LogP contribution is 2.31. The molecule has 0 aliphatic carbocycles. The van der Waals surface area contributed by atoms with Crippen LogP contribution in [0.15, 0.2) is 53.4 Å². The van der Waals surface area contributed by atoms with E-state index in [1.807, 2.05) is 0 Å². The zero-order valence-electron chi connectivity index (χ0n) is 16.8. The summed E-state index contributed by atoms with van der Waals surface area (Å²) in [6.07, 6.45) is -4.00. The molecule has 0 unspecified atom stereocenters. The number of nitrogens with zero attached hydrogens (tertiary/aromatic N) is 2. The second kappa shape index (κ2) is 8.45. The van der Waals surface area contributed by atoms with Crippen LogP contribution < -0.4 is 5.32 Å². The zero-order chi connectivity index (χ0) is 23.1. The number of nitrogens with one attached hydrogen (secondary N) is 1. The van der Waals surface area contributed by atoms with Gasteiger partial charge >= 0.3 is 6.18 Å². The highest BCUT2D eigenvalue weighted by atomic mass is 32.2. The van der Waals surface area contributed by atoms with Gasteiger partial charge in [0.15, 0.2) is 0 Å². The number of alkyl halides is 3. The third-order valence-corrected chi connectivity index (χ3v) is 7.72. The van der Waals surface area contributed by atoms with E-state index in [-0.39, 0.29) is 36.0 Å². The van der Waals surface area contributed by atoms with Crippen molar-refractivity contribution in [1.29, 1.82) is 0 Å². The minimum absolute atomic E-state index is 0.119. The second-order valence-corrected chi connectivity index (χ2v) is 9.88. The van der Waals surface area contributed by atoms with Gasteiger partial charge in [0.2, 0.25) is 10.0 Å². The van der Waals surface area contributed by atoms with Gasteiger partial charge in [-0.2, -0.15) is 17.5 Å². The summed E-state index contributed by atoms with van der Waals surface area (Å²) in [7, 11) is -3.93. The van der Waals surface area contributed by atoms with Crippen LogP contribution in [0.4, 0.5) is 17.6 Å². The molecule has 2 atom stereocenters. The van der Waals surface area contributed by atoms with Gasteiger partial charge in [-0.3, -0.25) is 9.69 Å². The topological polar surface area (TPSA) is 69.7 Å². The average molecular weight is 471 g/mol. The lowest BCUT2D eigenvalue weighted by Gasteiger charge is -2.36. The second-order valence-electron chi connectivity index (χ2n) is 7.95. The van der Waals surface area contributed by atoms with E-state index in [1.54, 1.807) is 0 Å². The molecule has 0 radical (unpaired) electrons. The van der Waals surface area contributed by atoms with Gasteiger partial charge in [0.25, 0.3) is 5.91 Å². The van der Waals surface area contributed by atoms with Gasteiger partial charge in [0, 0.05) is 43.8 Å². The van der Waals surface area contributed by atoms with Crippen molar-refractivity contribution in [1.82, 2.24) is 14.5 Å². The van der Waals surface area contributed by atoms with Gasteiger partial charge in [0.1, 0.15) is 5.82 Å². The normalized spacial score (nSPS) is 22.5. The molecule has 1 amide bonds. The fourth-order valence-electron chi connectivity index (χ4n) is 4.17. The van der Waals surface area contributed by atoms with E-state index in [4.69, 9.17) is 0 Å². The van der Waals surface area contributed by atoms with E-state index >= 15 is 0 Å². The van der Waals surface area contributed by atoms with E-state index in [9.17, 15) is 30.8 Å². The molecule has 6 nitrogen and oxygen atoms in total. The molecule has 2 aromatic rings. The molecule has 2 aromatic carbocycles. The first-order valence-electron chi connectivity index (χ1n) is 10.0. The molecule has 2 saturated heterocycles. The van der Waals surface area contributed by atoms with Crippen LogP contribution in [0.5, 0.6) is 0 Å². The molecule has 0 bridgehead atoms. The highest BCUT2D eigenvalue weighted by molar-refractivity contribution is 7.89. The summed E-state index contributed by atoms with van der Waals surface area (Å²) in [6, 6.07) is 8.37. The summed E-state index contributed by atoms with van der Waals surface area (Å²) in [6.45, 7) is 1.41. The minimum atomic E-state index is -4.54. The molecule has 4 rings (SSSR count). The Balaban J connectivity index is 1.40. The fourth-order valence-corrected chi connectivity index (χ4v) is 5.64. The molecule has 0 aromatic heterocycles. The maximum absolute atomic E-state index is 13.0. The van der Waals surface area contributed by atoms with Crippen molar-refractivity contribution in [3.63, 3.8) is 0 Å². The van der Waals surface area contributed by atoms with Crippen molar-refractivity contribution in [2.24, 2.45) is 0 Å². The number of fused-ring (bicyclic) bond motifs is 1. The van der Waals surface area contributed by atoms with Crippen molar-refractivity contribution in [3.05, 3.63) is 65.5 Å². The van der Waals surface area contributed by atoms with Gasteiger partial charge in [-0.15, -0.1) is 0 Å². The van der Waals surface area contributed by atoms with Gasteiger partial charge in [0.05, 0.1) is 10.5 Å². The van der Waals surface area contributed by atoms with Crippen molar-refractivity contribution < 1.29 is 30.8 Å². The molecule has 2 aliphatic rings. The Kier molecular flexibility index (Phi) is 5.99. The molecule has 2 aliphatic heterocycles. The van der Waals surface area contributed by atoms with Crippen LogP contribution in [-0.4, -0.2) is 61.8 Å². The summed E-state index contributed by atoms with van der Waals surface area (Å²) in [5.74, 6) is -0.766.